The molecule has 0 radical (unpaired) electrons. The number of benzene rings is 2. The Morgan fingerprint density at radius 3 is 2.70 bits per heavy atom. The molecule has 0 saturated heterocycles. The van der Waals surface area contributed by atoms with Gasteiger partial charge in [0.1, 0.15) is 11.9 Å². The van der Waals surface area contributed by atoms with E-state index in [-0.39, 0.29) is 0 Å². The van der Waals surface area contributed by atoms with Gasteiger partial charge in [-0.1, -0.05) is 33.6 Å². The van der Waals surface area contributed by atoms with Crippen molar-refractivity contribution in [3.8, 4) is 0 Å². The molecule has 0 aliphatic heterocycles. The predicted molar refractivity (Wildman–Crippen MR) is 81.1 cm³/mol. The number of primary amides is 1. The number of rotatable bonds is 4. The molecule has 20 heavy (non-hydrogen) atoms. The SMILES string of the molecule is NC(=O)C(Nc1cccc(Cl)c1)c1cc(F)ccc1Br. The Morgan fingerprint density at radius 1 is 1.30 bits per heavy atom. The first kappa shape index (κ1) is 14.8. The molecule has 0 spiro atoms. The number of anilines is 1. The van der Waals surface area contributed by atoms with Gasteiger partial charge in [0, 0.05) is 20.7 Å². The molecule has 3 nitrogen and oxygen atoms in total. The Balaban J connectivity index is 2.37. The van der Waals surface area contributed by atoms with Gasteiger partial charge in [-0.3, -0.25) is 4.79 Å². The molecule has 0 aliphatic rings. The van der Waals surface area contributed by atoms with Gasteiger partial charge in [-0.15, -0.1) is 0 Å². The van der Waals surface area contributed by atoms with Gasteiger partial charge in [-0.2, -0.15) is 0 Å². The normalized spacial score (nSPS) is 11.9. The molecule has 0 bridgehead atoms. The molecule has 0 saturated carbocycles. The van der Waals surface area contributed by atoms with Crippen molar-refractivity contribution in [3.63, 3.8) is 0 Å². The van der Waals surface area contributed by atoms with Crippen LogP contribution in [0.2, 0.25) is 5.02 Å². The number of halogens is 3. The van der Waals surface area contributed by atoms with Crippen molar-refractivity contribution >= 4 is 39.1 Å². The van der Waals surface area contributed by atoms with E-state index in [1.54, 1.807) is 24.3 Å². The monoisotopic (exact) mass is 356 g/mol. The summed E-state index contributed by atoms with van der Waals surface area (Å²) in [5.41, 5.74) is 6.45. The number of hydrogen-bond acceptors (Lipinski definition) is 2. The minimum absolute atomic E-state index is 0.428. The van der Waals surface area contributed by atoms with Gasteiger partial charge in [0.25, 0.3) is 0 Å². The molecule has 2 aromatic carbocycles. The van der Waals surface area contributed by atoms with E-state index in [1.165, 1.54) is 18.2 Å². The molecule has 0 aliphatic carbocycles. The number of nitrogens with two attached hydrogens (primary N) is 1. The van der Waals surface area contributed by atoms with Crippen LogP contribution in [0, 0.1) is 5.82 Å². The fourth-order valence-electron chi connectivity index (χ4n) is 1.78. The van der Waals surface area contributed by atoms with E-state index in [2.05, 4.69) is 21.2 Å². The second-order valence-electron chi connectivity index (χ2n) is 4.16. The van der Waals surface area contributed by atoms with E-state index >= 15 is 0 Å². The molecule has 0 aromatic heterocycles. The highest BCUT2D eigenvalue weighted by Crippen LogP contribution is 2.28. The van der Waals surface area contributed by atoms with Crippen LogP contribution in [-0.2, 0) is 4.79 Å². The van der Waals surface area contributed by atoms with Crippen molar-refractivity contribution in [3.05, 3.63) is 63.3 Å². The molecule has 0 fully saturated rings. The number of carbonyl (C=O) groups excluding carboxylic acids is 1. The van der Waals surface area contributed by atoms with Crippen molar-refractivity contribution in [2.75, 3.05) is 5.32 Å². The lowest BCUT2D eigenvalue weighted by Gasteiger charge is -2.18. The highest BCUT2D eigenvalue weighted by molar-refractivity contribution is 9.10. The highest BCUT2D eigenvalue weighted by Gasteiger charge is 2.21. The lowest BCUT2D eigenvalue weighted by Crippen LogP contribution is -2.28. The smallest absolute Gasteiger partial charge is 0.244 e. The minimum Gasteiger partial charge on any atom is -0.370 e. The second-order valence-corrected chi connectivity index (χ2v) is 5.45. The maximum Gasteiger partial charge on any atom is 0.244 e. The molecule has 1 amide bonds. The van der Waals surface area contributed by atoms with Crippen LogP contribution in [-0.4, -0.2) is 5.91 Å². The highest BCUT2D eigenvalue weighted by atomic mass is 79.9. The molecule has 3 N–H and O–H groups in total. The minimum atomic E-state index is -0.862. The summed E-state index contributed by atoms with van der Waals surface area (Å²) in [6.45, 7) is 0. The summed E-state index contributed by atoms with van der Waals surface area (Å²) in [5.74, 6) is -1.06. The molecule has 104 valence electrons. The average Bonchev–Trinajstić information content (AvgIpc) is 2.39. The van der Waals surface area contributed by atoms with E-state index in [9.17, 15) is 9.18 Å². The molecule has 0 heterocycles. The van der Waals surface area contributed by atoms with Gasteiger partial charge in [0.2, 0.25) is 5.91 Å². The van der Waals surface area contributed by atoms with Crippen molar-refractivity contribution in [2.24, 2.45) is 5.73 Å². The van der Waals surface area contributed by atoms with Crippen LogP contribution in [0.4, 0.5) is 10.1 Å². The fraction of sp³-hybridized carbons (Fsp3) is 0.0714. The zero-order valence-electron chi connectivity index (χ0n) is 10.2. The van der Waals surface area contributed by atoms with Crippen molar-refractivity contribution in [2.45, 2.75) is 6.04 Å². The number of carbonyl (C=O) groups is 1. The van der Waals surface area contributed by atoms with Crippen LogP contribution >= 0.6 is 27.5 Å². The third kappa shape index (κ3) is 3.49. The van der Waals surface area contributed by atoms with Crippen molar-refractivity contribution in [1.82, 2.24) is 0 Å². The average molecular weight is 358 g/mol. The summed E-state index contributed by atoms with van der Waals surface area (Å²) < 4.78 is 13.9. The van der Waals surface area contributed by atoms with Crippen LogP contribution in [0.1, 0.15) is 11.6 Å². The zero-order valence-corrected chi connectivity index (χ0v) is 12.6. The number of hydrogen-bond donors (Lipinski definition) is 2. The summed E-state index contributed by atoms with van der Waals surface area (Å²) in [4.78, 5) is 11.6. The number of nitrogens with one attached hydrogen (secondary N) is 1. The first-order valence-corrected chi connectivity index (χ1v) is 6.91. The van der Waals surface area contributed by atoms with Crippen LogP contribution in [0.25, 0.3) is 0 Å². The summed E-state index contributed by atoms with van der Waals surface area (Å²) in [5, 5.41) is 3.47. The van der Waals surface area contributed by atoms with Gasteiger partial charge in [0.05, 0.1) is 0 Å². The topological polar surface area (TPSA) is 55.1 Å². The summed E-state index contributed by atoms with van der Waals surface area (Å²) in [6.07, 6.45) is 0. The Labute approximate surface area is 129 Å². The molecule has 6 heteroatoms. The van der Waals surface area contributed by atoms with E-state index in [4.69, 9.17) is 17.3 Å². The third-order valence-electron chi connectivity index (χ3n) is 2.69. The van der Waals surface area contributed by atoms with Gasteiger partial charge in [-0.05, 0) is 36.4 Å². The molecular weight excluding hydrogens is 347 g/mol. The number of amides is 1. The van der Waals surface area contributed by atoms with E-state index in [0.717, 1.165) is 0 Å². The van der Waals surface area contributed by atoms with Crippen molar-refractivity contribution in [1.29, 1.82) is 0 Å². The third-order valence-corrected chi connectivity index (χ3v) is 3.65. The standard InChI is InChI=1S/C14H11BrClFN2O/c15-12-5-4-9(17)7-11(12)13(14(18)20)19-10-3-1-2-8(16)6-10/h1-7,13,19H,(H2,18,20). The van der Waals surface area contributed by atoms with Crippen molar-refractivity contribution < 1.29 is 9.18 Å². The molecular formula is C14H11BrClFN2O. The van der Waals surface area contributed by atoms with Gasteiger partial charge < -0.3 is 11.1 Å². The maximum absolute atomic E-state index is 13.4. The van der Waals surface area contributed by atoms with Crippen LogP contribution in [0.15, 0.2) is 46.9 Å². The van der Waals surface area contributed by atoms with E-state index in [0.29, 0.717) is 20.7 Å². The van der Waals surface area contributed by atoms with Crippen LogP contribution in [0.5, 0.6) is 0 Å². The van der Waals surface area contributed by atoms with Crippen LogP contribution in [0.3, 0.4) is 0 Å². The predicted octanol–water partition coefficient (Wildman–Crippen LogP) is 3.88. The Kier molecular flexibility index (Phi) is 4.62. The largest absolute Gasteiger partial charge is 0.370 e. The van der Waals surface area contributed by atoms with E-state index < -0.39 is 17.8 Å². The Bertz CT molecular complexity index is 651. The Hall–Kier alpha value is -1.59. The second kappa shape index (κ2) is 6.24. The summed E-state index contributed by atoms with van der Waals surface area (Å²) >= 11 is 9.17. The Morgan fingerprint density at radius 2 is 2.05 bits per heavy atom. The first-order chi connectivity index (χ1) is 9.47. The molecule has 2 aromatic rings. The first-order valence-electron chi connectivity index (χ1n) is 5.74. The van der Waals surface area contributed by atoms with Gasteiger partial charge in [0.15, 0.2) is 0 Å². The zero-order chi connectivity index (χ0) is 14.7. The molecule has 1 atom stereocenters. The lowest BCUT2D eigenvalue weighted by atomic mass is 10.1. The summed E-state index contributed by atoms with van der Waals surface area (Å²) in [6, 6.07) is 10.1. The maximum atomic E-state index is 13.4. The molecule has 1 unspecified atom stereocenters. The molecule has 2 rings (SSSR count). The summed E-state index contributed by atoms with van der Waals surface area (Å²) in [7, 11) is 0. The van der Waals surface area contributed by atoms with Crippen LogP contribution < -0.4 is 11.1 Å². The van der Waals surface area contributed by atoms with Gasteiger partial charge in [-0.25, -0.2) is 4.39 Å². The fourth-order valence-corrected chi connectivity index (χ4v) is 2.45. The quantitative estimate of drug-likeness (QED) is 0.872. The van der Waals surface area contributed by atoms with Gasteiger partial charge >= 0.3 is 0 Å². The lowest BCUT2D eigenvalue weighted by molar-refractivity contribution is -0.118. The van der Waals surface area contributed by atoms with E-state index in [1.807, 2.05) is 0 Å².